The van der Waals surface area contributed by atoms with Crippen molar-refractivity contribution in [2.45, 2.75) is 32.6 Å². The summed E-state index contributed by atoms with van der Waals surface area (Å²) >= 11 is 0. The van der Waals surface area contributed by atoms with E-state index in [2.05, 4.69) is 18.8 Å². The number of hydrogen-bond donors (Lipinski definition) is 1. The zero-order valence-corrected chi connectivity index (χ0v) is 9.00. The number of nitriles is 1. The zero-order chi connectivity index (χ0) is 11.0. The van der Waals surface area contributed by atoms with E-state index in [0.717, 1.165) is 24.1 Å². The van der Waals surface area contributed by atoms with Crippen molar-refractivity contribution in [2.24, 2.45) is 5.92 Å². The quantitative estimate of drug-likeness (QED) is 0.698. The van der Waals surface area contributed by atoms with Gasteiger partial charge >= 0.3 is 0 Å². The first-order valence-corrected chi connectivity index (χ1v) is 5.28. The second-order valence-corrected chi connectivity index (χ2v) is 4.51. The molecule has 3 heteroatoms. The average molecular weight is 202 g/mol. The lowest BCUT2D eigenvalue weighted by Gasteiger charge is -2.26. The van der Waals surface area contributed by atoms with Crippen molar-refractivity contribution >= 4 is 0 Å². The summed E-state index contributed by atoms with van der Waals surface area (Å²) in [5.41, 5.74) is 2.14. The van der Waals surface area contributed by atoms with Crippen LogP contribution in [-0.2, 0) is 6.42 Å². The third-order valence-corrected chi connectivity index (χ3v) is 3.09. The molecule has 0 aromatic carbocycles. The Balaban J connectivity index is 2.58. The Bertz CT molecular complexity index is 481. The molecule has 0 radical (unpaired) electrons. The molecule has 0 fully saturated rings. The minimum atomic E-state index is -0.252. The maximum atomic E-state index is 11.5. The van der Waals surface area contributed by atoms with Crippen LogP contribution in [0, 0.1) is 17.2 Å². The van der Waals surface area contributed by atoms with Gasteiger partial charge in [-0.2, -0.15) is 5.26 Å². The molecule has 3 nitrogen and oxygen atoms in total. The van der Waals surface area contributed by atoms with Crippen LogP contribution < -0.4 is 5.56 Å². The molecule has 0 saturated carbocycles. The molecule has 78 valence electrons. The van der Waals surface area contributed by atoms with Crippen LogP contribution in [0.4, 0.5) is 0 Å². The summed E-state index contributed by atoms with van der Waals surface area (Å²) in [5, 5.41) is 8.78. The van der Waals surface area contributed by atoms with E-state index in [1.807, 2.05) is 6.07 Å². The number of rotatable bonds is 0. The average Bonchev–Trinajstić information content (AvgIpc) is 2.18. The van der Waals surface area contributed by atoms with Crippen molar-refractivity contribution in [3.05, 3.63) is 33.2 Å². The maximum Gasteiger partial charge on any atom is 0.266 e. The van der Waals surface area contributed by atoms with E-state index < -0.39 is 0 Å². The maximum absolute atomic E-state index is 11.5. The Hall–Kier alpha value is -1.56. The van der Waals surface area contributed by atoms with Crippen molar-refractivity contribution in [1.29, 1.82) is 5.26 Å². The first kappa shape index (κ1) is 9.97. The molecule has 1 heterocycles. The number of fused-ring (bicyclic) bond motifs is 1. The van der Waals surface area contributed by atoms with Gasteiger partial charge in [-0.1, -0.05) is 13.8 Å². The highest BCUT2D eigenvalue weighted by Crippen LogP contribution is 2.32. The summed E-state index contributed by atoms with van der Waals surface area (Å²) in [5.74, 6) is 1.02. The van der Waals surface area contributed by atoms with Gasteiger partial charge in [-0.25, -0.2) is 0 Å². The Kier molecular flexibility index (Phi) is 2.36. The molecule has 2 rings (SSSR count). The number of pyridine rings is 1. The lowest BCUT2D eigenvalue weighted by Crippen LogP contribution is -2.22. The van der Waals surface area contributed by atoms with Gasteiger partial charge in [0.15, 0.2) is 0 Å². The molecule has 1 aromatic rings. The van der Waals surface area contributed by atoms with E-state index in [0.29, 0.717) is 11.8 Å². The number of hydrogen-bond acceptors (Lipinski definition) is 2. The van der Waals surface area contributed by atoms with Crippen molar-refractivity contribution in [1.82, 2.24) is 4.98 Å². The fourth-order valence-electron chi connectivity index (χ4n) is 2.46. The Morgan fingerprint density at radius 1 is 1.53 bits per heavy atom. The largest absolute Gasteiger partial charge is 0.325 e. The third-order valence-electron chi connectivity index (χ3n) is 3.09. The number of nitrogens with one attached hydrogen (secondary N) is 1. The van der Waals surface area contributed by atoms with Gasteiger partial charge in [0.1, 0.15) is 11.6 Å². The normalized spacial score (nSPS) is 24.3. The molecule has 1 N–H and O–H groups in total. The van der Waals surface area contributed by atoms with Crippen molar-refractivity contribution in [2.75, 3.05) is 0 Å². The predicted molar refractivity (Wildman–Crippen MR) is 57.7 cm³/mol. The second kappa shape index (κ2) is 3.54. The smallest absolute Gasteiger partial charge is 0.266 e. The van der Waals surface area contributed by atoms with E-state index >= 15 is 0 Å². The van der Waals surface area contributed by atoms with Crippen LogP contribution in [-0.4, -0.2) is 4.98 Å². The summed E-state index contributed by atoms with van der Waals surface area (Å²) in [6.07, 6.45) is 2.07. The zero-order valence-electron chi connectivity index (χ0n) is 9.00. The highest BCUT2D eigenvalue weighted by Gasteiger charge is 2.23. The highest BCUT2D eigenvalue weighted by molar-refractivity contribution is 5.35. The molecule has 0 bridgehead atoms. The molecular weight excluding hydrogens is 188 g/mol. The summed E-state index contributed by atoms with van der Waals surface area (Å²) < 4.78 is 0. The van der Waals surface area contributed by atoms with Gasteiger partial charge in [-0.05, 0) is 36.3 Å². The molecule has 1 aromatic heterocycles. The van der Waals surface area contributed by atoms with E-state index in [4.69, 9.17) is 5.26 Å². The molecule has 15 heavy (non-hydrogen) atoms. The fraction of sp³-hybridized carbons (Fsp3) is 0.500. The molecule has 0 saturated heterocycles. The Morgan fingerprint density at radius 2 is 2.27 bits per heavy atom. The number of H-pyrrole nitrogens is 1. The van der Waals surface area contributed by atoms with Crippen molar-refractivity contribution in [3.8, 4) is 6.07 Å². The van der Waals surface area contributed by atoms with E-state index in [9.17, 15) is 4.79 Å². The molecule has 0 spiro atoms. The Morgan fingerprint density at radius 3 is 2.93 bits per heavy atom. The van der Waals surface area contributed by atoms with Gasteiger partial charge in [0, 0.05) is 5.69 Å². The van der Waals surface area contributed by atoms with Crippen molar-refractivity contribution < 1.29 is 0 Å². The third kappa shape index (κ3) is 1.68. The summed E-state index contributed by atoms with van der Waals surface area (Å²) in [7, 11) is 0. The van der Waals surface area contributed by atoms with Gasteiger partial charge in [0.25, 0.3) is 5.56 Å². The van der Waals surface area contributed by atoms with Crippen LogP contribution in [0.15, 0.2) is 10.9 Å². The number of aromatic amines is 1. The predicted octanol–water partition coefficient (Wildman–Crippen LogP) is 1.93. The van der Waals surface area contributed by atoms with Crippen LogP contribution in [0.3, 0.4) is 0 Å². The monoisotopic (exact) mass is 202 g/mol. The van der Waals surface area contributed by atoms with E-state index in [1.54, 1.807) is 6.07 Å². The highest BCUT2D eigenvalue weighted by atomic mass is 16.1. The van der Waals surface area contributed by atoms with Crippen LogP contribution >= 0.6 is 0 Å². The molecule has 1 aliphatic rings. The van der Waals surface area contributed by atoms with Crippen LogP contribution in [0.25, 0.3) is 0 Å². The first-order chi connectivity index (χ1) is 7.11. The molecule has 0 amide bonds. The van der Waals surface area contributed by atoms with Crippen LogP contribution in [0.2, 0.25) is 0 Å². The van der Waals surface area contributed by atoms with Gasteiger partial charge in [0.2, 0.25) is 0 Å². The number of aromatic nitrogens is 1. The topological polar surface area (TPSA) is 56.6 Å². The lowest BCUT2D eigenvalue weighted by molar-refractivity contribution is 0.440. The fourth-order valence-corrected chi connectivity index (χ4v) is 2.46. The van der Waals surface area contributed by atoms with Crippen molar-refractivity contribution in [3.63, 3.8) is 0 Å². The summed E-state index contributed by atoms with van der Waals surface area (Å²) in [4.78, 5) is 14.3. The molecular formula is C12H14N2O. The molecule has 1 aliphatic carbocycles. The van der Waals surface area contributed by atoms with Gasteiger partial charge in [-0.15, -0.1) is 0 Å². The molecule has 0 aliphatic heterocycles. The van der Waals surface area contributed by atoms with Crippen LogP contribution in [0.1, 0.15) is 43.0 Å². The summed E-state index contributed by atoms with van der Waals surface area (Å²) in [6, 6.07) is 3.68. The number of nitrogens with zero attached hydrogens (tertiary/aromatic N) is 1. The lowest BCUT2D eigenvalue weighted by atomic mass is 9.81. The first-order valence-electron chi connectivity index (χ1n) is 5.28. The molecule has 2 unspecified atom stereocenters. The molecule has 2 atom stereocenters. The van der Waals surface area contributed by atoms with E-state index in [-0.39, 0.29) is 11.1 Å². The van der Waals surface area contributed by atoms with Gasteiger partial charge < -0.3 is 4.98 Å². The minimum absolute atomic E-state index is 0.232. The minimum Gasteiger partial charge on any atom is -0.325 e. The van der Waals surface area contributed by atoms with Crippen LogP contribution in [0.5, 0.6) is 0 Å². The van der Waals surface area contributed by atoms with Gasteiger partial charge in [-0.3, -0.25) is 4.79 Å². The standard InChI is InChI=1S/C12H14N2O/c1-7-3-8(2)11-9(4-7)5-10(6-13)12(15)14-11/h5,7-8H,3-4H2,1-2H3,(H,14,15). The SMILES string of the molecule is CC1Cc2cc(C#N)c(=O)[nH]c2C(C)C1. The Labute approximate surface area is 88.8 Å². The summed E-state index contributed by atoms with van der Waals surface area (Å²) in [6.45, 7) is 4.33. The van der Waals surface area contributed by atoms with Gasteiger partial charge in [0.05, 0.1) is 0 Å². The van der Waals surface area contributed by atoms with E-state index in [1.165, 1.54) is 0 Å². The second-order valence-electron chi connectivity index (χ2n) is 4.51.